The van der Waals surface area contributed by atoms with E-state index >= 15 is 0 Å². The monoisotopic (exact) mass is 350 g/mol. The number of sulfonamides is 1. The van der Waals surface area contributed by atoms with Gasteiger partial charge >= 0.3 is 0 Å². The maximum Gasteiger partial charge on any atom is 0.251 e. The van der Waals surface area contributed by atoms with E-state index in [1.54, 1.807) is 11.3 Å². The first-order chi connectivity index (χ1) is 11.0. The van der Waals surface area contributed by atoms with Gasteiger partial charge in [0, 0.05) is 16.9 Å². The van der Waals surface area contributed by atoms with Crippen LogP contribution in [0, 0.1) is 0 Å². The fourth-order valence-corrected chi connectivity index (χ4v) is 4.40. The lowest BCUT2D eigenvalue weighted by atomic mass is 10.2. The molecule has 0 spiro atoms. The molecule has 1 aliphatic heterocycles. The van der Waals surface area contributed by atoms with Crippen LogP contribution in [-0.4, -0.2) is 26.0 Å². The first kappa shape index (κ1) is 15.7. The van der Waals surface area contributed by atoms with E-state index in [4.69, 9.17) is 0 Å². The molecule has 120 valence electrons. The van der Waals surface area contributed by atoms with E-state index in [9.17, 15) is 18.0 Å². The third-order valence-electron chi connectivity index (χ3n) is 3.45. The quantitative estimate of drug-likeness (QED) is 0.910. The van der Waals surface area contributed by atoms with E-state index in [0.717, 1.165) is 9.18 Å². The molecule has 2 aromatic rings. The van der Waals surface area contributed by atoms with E-state index in [2.05, 4.69) is 5.32 Å². The highest BCUT2D eigenvalue weighted by atomic mass is 32.2. The predicted octanol–water partition coefficient (Wildman–Crippen LogP) is 1.74. The lowest BCUT2D eigenvalue weighted by Crippen LogP contribution is -2.29. The molecule has 0 radical (unpaired) electrons. The van der Waals surface area contributed by atoms with E-state index < -0.39 is 15.9 Å². The summed E-state index contributed by atoms with van der Waals surface area (Å²) in [7, 11) is -3.58. The zero-order valence-corrected chi connectivity index (χ0v) is 13.7. The van der Waals surface area contributed by atoms with Crippen LogP contribution in [0.2, 0.25) is 0 Å². The van der Waals surface area contributed by atoms with Crippen molar-refractivity contribution in [2.45, 2.75) is 13.0 Å². The number of hydrogen-bond donors (Lipinski definition) is 1. The van der Waals surface area contributed by atoms with Crippen molar-refractivity contribution in [3.63, 3.8) is 0 Å². The van der Waals surface area contributed by atoms with Gasteiger partial charge in [-0.1, -0.05) is 6.07 Å². The number of carbonyl (C=O) groups is 2. The van der Waals surface area contributed by atoms with E-state index in [1.807, 2.05) is 17.5 Å². The summed E-state index contributed by atoms with van der Waals surface area (Å²) >= 11 is 1.55. The minimum Gasteiger partial charge on any atom is -0.347 e. The molecule has 0 saturated carbocycles. The van der Waals surface area contributed by atoms with Gasteiger partial charge in [-0.25, -0.2) is 12.7 Å². The van der Waals surface area contributed by atoms with Gasteiger partial charge in [-0.15, -0.1) is 11.3 Å². The molecule has 1 aromatic heterocycles. The van der Waals surface area contributed by atoms with Crippen molar-refractivity contribution in [3.05, 3.63) is 52.2 Å². The Balaban J connectivity index is 1.72. The number of anilines is 1. The van der Waals surface area contributed by atoms with Gasteiger partial charge in [-0.2, -0.15) is 0 Å². The second-order valence-electron chi connectivity index (χ2n) is 5.03. The van der Waals surface area contributed by atoms with Gasteiger partial charge in [0.15, 0.2) is 0 Å². The molecule has 1 N–H and O–H groups in total. The van der Waals surface area contributed by atoms with Gasteiger partial charge in [0.05, 0.1) is 18.0 Å². The molecule has 23 heavy (non-hydrogen) atoms. The highest BCUT2D eigenvalue weighted by Gasteiger charge is 2.36. The lowest BCUT2D eigenvalue weighted by Gasteiger charge is -2.15. The van der Waals surface area contributed by atoms with Crippen LogP contribution < -0.4 is 9.62 Å². The van der Waals surface area contributed by atoms with Gasteiger partial charge in [0.1, 0.15) is 0 Å². The molecular formula is C15H14N2O4S2. The predicted molar refractivity (Wildman–Crippen MR) is 87.8 cm³/mol. The van der Waals surface area contributed by atoms with Crippen molar-refractivity contribution in [1.82, 2.24) is 5.32 Å². The van der Waals surface area contributed by atoms with Crippen LogP contribution in [0.4, 0.5) is 5.69 Å². The number of amides is 2. The molecule has 1 aromatic carbocycles. The van der Waals surface area contributed by atoms with Crippen LogP contribution in [0.25, 0.3) is 0 Å². The largest absolute Gasteiger partial charge is 0.347 e. The number of carbonyl (C=O) groups excluding carboxylic acids is 2. The summed E-state index contributed by atoms with van der Waals surface area (Å²) in [6.45, 7) is 0.442. The molecule has 1 saturated heterocycles. The normalized spacial score (nSPS) is 16.5. The molecule has 0 bridgehead atoms. The van der Waals surface area contributed by atoms with Crippen molar-refractivity contribution in [2.75, 3.05) is 10.1 Å². The van der Waals surface area contributed by atoms with Crippen molar-refractivity contribution in [3.8, 4) is 0 Å². The zero-order valence-electron chi connectivity index (χ0n) is 12.1. The van der Waals surface area contributed by atoms with Gasteiger partial charge in [0.2, 0.25) is 15.9 Å². The van der Waals surface area contributed by atoms with Gasteiger partial charge in [-0.05, 0) is 35.7 Å². The number of nitrogens with zero attached hydrogens (tertiary/aromatic N) is 1. The first-order valence-corrected chi connectivity index (χ1v) is 9.43. The Labute approximate surface area is 137 Å². The van der Waals surface area contributed by atoms with E-state index in [1.165, 1.54) is 24.3 Å². The molecule has 0 aliphatic carbocycles. The van der Waals surface area contributed by atoms with Crippen molar-refractivity contribution < 1.29 is 18.0 Å². The Morgan fingerprint density at radius 1 is 1.22 bits per heavy atom. The van der Waals surface area contributed by atoms with Crippen molar-refractivity contribution in [1.29, 1.82) is 0 Å². The second-order valence-corrected chi connectivity index (χ2v) is 8.00. The minimum atomic E-state index is -3.58. The number of rotatable bonds is 4. The van der Waals surface area contributed by atoms with E-state index in [-0.39, 0.29) is 23.8 Å². The van der Waals surface area contributed by atoms with Crippen molar-refractivity contribution in [2.24, 2.45) is 0 Å². The smallest absolute Gasteiger partial charge is 0.251 e. The Morgan fingerprint density at radius 3 is 2.52 bits per heavy atom. The van der Waals surface area contributed by atoms with Crippen LogP contribution in [0.15, 0.2) is 41.8 Å². The average Bonchev–Trinajstić information content (AvgIpc) is 3.13. The molecule has 3 rings (SSSR count). The number of nitrogens with one attached hydrogen (secondary N) is 1. The molecule has 2 amide bonds. The lowest BCUT2D eigenvalue weighted by molar-refractivity contribution is -0.116. The molecular weight excluding hydrogens is 336 g/mol. The summed E-state index contributed by atoms with van der Waals surface area (Å²) in [4.78, 5) is 24.8. The summed E-state index contributed by atoms with van der Waals surface area (Å²) in [5, 5.41) is 4.72. The Hall–Kier alpha value is -2.19. The summed E-state index contributed by atoms with van der Waals surface area (Å²) in [5.41, 5.74) is 0.677. The third kappa shape index (κ3) is 3.27. The zero-order chi connectivity index (χ0) is 16.4. The topological polar surface area (TPSA) is 83.6 Å². The number of hydrogen-bond acceptors (Lipinski definition) is 5. The van der Waals surface area contributed by atoms with Gasteiger partial charge < -0.3 is 5.32 Å². The summed E-state index contributed by atoms with van der Waals surface area (Å²) in [5.74, 6) is -0.866. The molecule has 6 nitrogen and oxygen atoms in total. The van der Waals surface area contributed by atoms with Crippen LogP contribution in [0.1, 0.15) is 21.7 Å². The first-order valence-electron chi connectivity index (χ1n) is 6.94. The Bertz CT molecular complexity index is 827. The SMILES string of the molecule is O=C(NCc1cccs1)c1ccc(N2C(=O)CCS2(=O)=O)cc1. The fraction of sp³-hybridized carbons (Fsp3) is 0.200. The highest BCUT2D eigenvalue weighted by molar-refractivity contribution is 7.94. The van der Waals surface area contributed by atoms with Crippen LogP contribution >= 0.6 is 11.3 Å². The number of benzene rings is 1. The standard InChI is InChI=1S/C15H14N2O4S2/c18-14-7-9-23(20,21)17(14)12-5-3-11(4-6-12)15(19)16-10-13-2-1-8-22-13/h1-6,8H,7,9-10H2,(H,16,19). The molecule has 0 atom stereocenters. The number of thiophene rings is 1. The second kappa shape index (κ2) is 6.13. The molecule has 1 fully saturated rings. The van der Waals surface area contributed by atoms with Gasteiger partial charge in [-0.3, -0.25) is 9.59 Å². The van der Waals surface area contributed by atoms with Crippen LogP contribution in [-0.2, 0) is 21.4 Å². The fourth-order valence-electron chi connectivity index (χ4n) is 2.30. The molecule has 1 aliphatic rings. The van der Waals surface area contributed by atoms with Crippen molar-refractivity contribution >= 4 is 38.9 Å². The molecule has 8 heteroatoms. The highest BCUT2D eigenvalue weighted by Crippen LogP contribution is 2.25. The summed E-state index contributed by atoms with van der Waals surface area (Å²) < 4.78 is 24.5. The third-order valence-corrected chi connectivity index (χ3v) is 6.01. The van der Waals surface area contributed by atoms with E-state index in [0.29, 0.717) is 12.1 Å². The summed E-state index contributed by atoms with van der Waals surface area (Å²) in [6.07, 6.45) is -0.00855. The summed E-state index contributed by atoms with van der Waals surface area (Å²) in [6, 6.07) is 9.81. The van der Waals surface area contributed by atoms with Gasteiger partial charge in [0.25, 0.3) is 5.91 Å². The Kier molecular flexibility index (Phi) is 4.18. The molecule has 0 unspecified atom stereocenters. The van der Waals surface area contributed by atoms with Crippen LogP contribution in [0.3, 0.4) is 0 Å². The maximum atomic E-state index is 12.1. The molecule has 2 heterocycles. The van der Waals surface area contributed by atoms with Crippen LogP contribution in [0.5, 0.6) is 0 Å². The average molecular weight is 350 g/mol. The minimum absolute atomic E-state index is 0.00855. The Morgan fingerprint density at radius 2 is 1.96 bits per heavy atom. The maximum absolute atomic E-state index is 12.1.